The summed E-state index contributed by atoms with van der Waals surface area (Å²) in [5.74, 6) is 1.99. The lowest BCUT2D eigenvalue weighted by molar-refractivity contribution is 0.145. The Morgan fingerprint density at radius 1 is 0.714 bits per heavy atom. The lowest BCUT2D eigenvalue weighted by atomic mass is 9.69. The van der Waals surface area contributed by atoms with Gasteiger partial charge in [-0.3, -0.25) is 0 Å². The molecule has 0 saturated heterocycles. The Kier molecular flexibility index (Phi) is 9.64. The highest BCUT2D eigenvalue weighted by molar-refractivity contribution is 4.80. The van der Waals surface area contributed by atoms with Gasteiger partial charge in [-0.1, -0.05) is 85.0 Å². The van der Waals surface area contributed by atoms with Crippen LogP contribution in [0.1, 0.15) is 104 Å². The first kappa shape index (κ1) is 19.0. The van der Waals surface area contributed by atoms with Crippen molar-refractivity contribution >= 4 is 0 Å². The first-order chi connectivity index (χ1) is 10.0. The minimum absolute atomic E-state index is 0.122. The van der Waals surface area contributed by atoms with Gasteiger partial charge in [-0.15, -0.1) is 0 Å². The second kappa shape index (κ2) is 10.6. The Morgan fingerprint density at radius 2 is 1.19 bits per heavy atom. The summed E-state index contributed by atoms with van der Waals surface area (Å²) >= 11 is 0. The van der Waals surface area contributed by atoms with Crippen molar-refractivity contribution < 1.29 is 5.11 Å². The molecule has 0 atom stereocenters. The highest BCUT2D eigenvalue weighted by atomic mass is 16.2. The van der Waals surface area contributed by atoms with E-state index in [-0.39, 0.29) is 6.61 Å². The van der Waals surface area contributed by atoms with E-state index in [1.807, 2.05) is 0 Å². The maximum atomic E-state index is 10.3. The molecule has 1 radical (unpaired) electrons. The van der Waals surface area contributed by atoms with E-state index in [2.05, 4.69) is 20.8 Å². The molecular weight excluding hydrogens is 256 g/mol. The van der Waals surface area contributed by atoms with Gasteiger partial charge in [-0.25, -0.2) is 5.11 Å². The molecule has 1 saturated carbocycles. The lowest BCUT2D eigenvalue weighted by Gasteiger charge is -2.37. The van der Waals surface area contributed by atoms with Gasteiger partial charge < -0.3 is 0 Å². The fourth-order valence-electron chi connectivity index (χ4n) is 3.91. The van der Waals surface area contributed by atoms with Gasteiger partial charge in [-0.05, 0) is 36.5 Å². The third kappa shape index (κ3) is 8.86. The number of hydrogen-bond acceptors (Lipinski definition) is 0. The highest BCUT2D eigenvalue weighted by Gasteiger charge is 2.29. The maximum Gasteiger partial charge on any atom is 0.0822 e. The molecule has 125 valence electrons. The van der Waals surface area contributed by atoms with Gasteiger partial charge in [-0.2, -0.15) is 0 Å². The lowest BCUT2D eigenvalue weighted by Crippen LogP contribution is -2.25. The van der Waals surface area contributed by atoms with Crippen LogP contribution in [0.3, 0.4) is 0 Å². The van der Waals surface area contributed by atoms with Gasteiger partial charge >= 0.3 is 0 Å². The highest BCUT2D eigenvalue weighted by Crippen LogP contribution is 2.41. The van der Waals surface area contributed by atoms with Gasteiger partial charge in [0.2, 0.25) is 0 Å². The van der Waals surface area contributed by atoms with Gasteiger partial charge in [0, 0.05) is 0 Å². The first-order valence-electron chi connectivity index (χ1n) is 9.62. The second-order valence-electron chi connectivity index (χ2n) is 8.40. The van der Waals surface area contributed by atoms with Crippen molar-refractivity contribution in [3.63, 3.8) is 0 Å². The molecule has 0 aliphatic heterocycles. The monoisotopic (exact) mass is 295 g/mol. The van der Waals surface area contributed by atoms with Crippen molar-refractivity contribution in [1.29, 1.82) is 0 Å². The van der Waals surface area contributed by atoms with Gasteiger partial charge in [0.1, 0.15) is 0 Å². The normalized spacial score (nSPS) is 23.4. The Morgan fingerprint density at radius 3 is 1.67 bits per heavy atom. The van der Waals surface area contributed by atoms with Crippen LogP contribution in [0.5, 0.6) is 0 Å². The molecule has 0 aromatic rings. The van der Waals surface area contributed by atoms with Crippen LogP contribution in [0.15, 0.2) is 0 Å². The summed E-state index contributed by atoms with van der Waals surface area (Å²) in [6, 6.07) is 0. The summed E-state index contributed by atoms with van der Waals surface area (Å²) in [5, 5.41) is 10.3. The number of unbranched alkanes of at least 4 members (excludes halogenated alkanes) is 7. The van der Waals surface area contributed by atoms with Gasteiger partial charge in [0.25, 0.3) is 0 Å². The van der Waals surface area contributed by atoms with Crippen molar-refractivity contribution in [2.45, 2.75) is 104 Å². The largest absolute Gasteiger partial charge is 0.237 e. The van der Waals surface area contributed by atoms with Crippen LogP contribution >= 0.6 is 0 Å². The fourth-order valence-corrected chi connectivity index (χ4v) is 3.91. The number of hydrogen-bond donors (Lipinski definition) is 0. The molecule has 0 bridgehead atoms. The van der Waals surface area contributed by atoms with Crippen LogP contribution in [-0.2, 0) is 5.11 Å². The summed E-state index contributed by atoms with van der Waals surface area (Å²) in [6.07, 6.45) is 17.7. The van der Waals surface area contributed by atoms with Crippen LogP contribution in [0.25, 0.3) is 0 Å². The first-order valence-corrected chi connectivity index (χ1v) is 9.62. The van der Waals surface area contributed by atoms with Crippen molar-refractivity contribution in [1.82, 2.24) is 0 Å². The zero-order valence-corrected chi connectivity index (χ0v) is 15.0. The molecule has 1 rings (SSSR count). The summed E-state index contributed by atoms with van der Waals surface area (Å²) in [6.45, 7) is 7.36. The molecule has 0 amide bonds. The predicted octanol–water partition coefficient (Wildman–Crippen LogP) is 6.78. The molecule has 0 aromatic heterocycles. The molecule has 1 aliphatic rings. The van der Waals surface area contributed by atoms with Crippen LogP contribution in [0.4, 0.5) is 0 Å². The van der Waals surface area contributed by atoms with Gasteiger partial charge in [0.05, 0.1) is 6.61 Å². The van der Waals surface area contributed by atoms with Crippen molar-refractivity contribution in [2.75, 3.05) is 6.61 Å². The molecule has 0 spiro atoms. The van der Waals surface area contributed by atoms with Crippen molar-refractivity contribution in [3.8, 4) is 0 Å². The van der Waals surface area contributed by atoms with E-state index >= 15 is 0 Å². The van der Waals surface area contributed by atoms with E-state index in [1.54, 1.807) is 0 Å². The zero-order chi connectivity index (χ0) is 15.6. The van der Waals surface area contributed by atoms with E-state index in [0.717, 1.165) is 24.7 Å². The molecule has 1 fully saturated rings. The average Bonchev–Trinajstić information content (AvgIpc) is 2.45. The average molecular weight is 296 g/mol. The Bertz CT molecular complexity index is 233. The Balaban J connectivity index is 1.91. The smallest absolute Gasteiger partial charge is 0.0822 e. The zero-order valence-electron chi connectivity index (χ0n) is 15.0. The second-order valence-corrected chi connectivity index (χ2v) is 8.40. The fraction of sp³-hybridized carbons (Fsp3) is 1.00. The van der Waals surface area contributed by atoms with E-state index in [4.69, 9.17) is 0 Å². The Labute approximate surface area is 133 Å². The Hall–Kier alpha value is -0.0400. The van der Waals surface area contributed by atoms with E-state index in [0.29, 0.717) is 5.41 Å². The summed E-state index contributed by atoms with van der Waals surface area (Å²) < 4.78 is 0. The van der Waals surface area contributed by atoms with Crippen LogP contribution in [-0.4, -0.2) is 6.61 Å². The van der Waals surface area contributed by atoms with Crippen LogP contribution < -0.4 is 0 Å². The van der Waals surface area contributed by atoms with Crippen LogP contribution in [0, 0.1) is 17.3 Å². The van der Waals surface area contributed by atoms with Crippen molar-refractivity contribution in [2.24, 2.45) is 17.3 Å². The van der Waals surface area contributed by atoms with Crippen molar-refractivity contribution in [3.05, 3.63) is 0 Å². The SMILES string of the molecule is CC(C)(C)C1CCC(CCCCCCCCCC[O])CC1. The van der Waals surface area contributed by atoms with E-state index in [9.17, 15) is 5.11 Å². The molecule has 0 aromatic carbocycles. The summed E-state index contributed by atoms with van der Waals surface area (Å²) in [5.41, 5.74) is 0.525. The maximum absolute atomic E-state index is 10.3. The van der Waals surface area contributed by atoms with E-state index < -0.39 is 0 Å². The molecular formula is C20H39O. The standard InChI is InChI=1S/C20H39O/c1-20(2,3)19-15-13-18(14-16-19)12-10-8-6-4-5-7-9-11-17-21/h18-19H,4-17H2,1-3H3. The number of rotatable bonds is 10. The molecule has 0 N–H and O–H groups in total. The summed E-state index contributed by atoms with van der Waals surface area (Å²) in [7, 11) is 0. The van der Waals surface area contributed by atoms with E-state index in [1.165, 1.54) is 70.6 Å². The molecule has 0 unspecified atom stereocenters. The van der Waals surface area contributed by atoms with Gasteiger partial charge in [0.15, 0.2) is 0 Å². The molecule has 1 heteroatoms. The minimum atomic E-state index is 0.122. The predicted molar refractivity (Wildman–Crippen MR) is 92.0 cm³/mol. The molecule has 1 aliphatic carbocycles. The summed E-state index contributed by atoms with van der Waals surface area (Å²) in [4.78, 5) is 0. The van der Waals surface area contributed by atoms with Crippen LogP contribution in [0.2, 0.25) is 0 Å². The molecule has 1 nitrogen and oxygen atoms in total. The minimum Gasteiger partial charge on any atom is -0.237 e. The molecule has 21 heavy (non-hydrogen) atoms. The topological polar surface area (TPSA) is 19.9 Å². The molecule has 0 heterocycles. The third-order valence-electron chi connectivity index (χ3n) is 5.58. The third-order valence-corrected chi connectivity index (χ3v) is 5.58. The quantitative estimate of drug-likeness (QED) is 0.396.